The lowest BCUT2D eigenvalue weighted by Gasteiger charge is -2.29. The Balaban J connectivity index is 2.85. The molecule has 1 N–H and O–H groups in total. The second-order valence-electron chi connectivity index (χ2n) is 4.69. The smallest absolute Gasteiger partial charge is 0.176 e. The van der Waals surface area contributed by atoms with Gasteiger partial charge < -0.3 is 14.2 Å². The number of aliphatic hydroxyl groups excluding tert-OH is 1. The molecule has 0 amide bonds. The number of hydrogen-bond donors (Lipinski definition) is 1. The summed E-state index contributed by atoms with van der Waals surface area (Å²) in [4.78, 5) is 0. The molecule has 0 aliphatic heterocycles. The molecule has 1 aromatic rings. The number of aliphatic hydroxyl groups is 1. The van der Waals surface area contributed by atoms with Gasteiger partial charge in [0.1, 0.15) is 0 Å². The Morgan fingerprint density at radius 1 is 1.05 bits per heavy atom. The van der Waals surface area contributed by atoms with Crippen LogP contribution in [0.15, 0.2) is 30.3 Å². The largest absolute Gasteiger partial charge is 0.388 e. The molecule has 0 heterocycles. The van der Waals surface area contributed by atoms with E-state index in [4.69, 9.17) is 9.05 Å². The first-order valence-corrected chi connectivity index (χ1v) is 8.77. The monoisotopic (exact) mass is 298 g/mol. The van der Waals surface area contributed by atoms with Gasteiger partial charge in [0.15, 0.2) is 8.38 Å². The van der Waals surface area contributed by atoms with Gasteiger partial charge in [-0.1, -0.05) is 50.1 Å². The lowest BCUT2D eigenvalue weighted by Crippen LogP contribution is -2.19. The van der Waals surface area contributed by atoms with Crippen LogP contribution < -0.4 is 0 Å². The quantitative estimate of drug-likeness (QED) is 0.638. The van der Waals surface area contributed by atoms with Crippen LogP contribution in [0.2, 0.25) is 0 Å². The minimum Gasteiger partial charge on any atom is -0.388 e. The molecule has 0 saturated carbocycles. The average molecular weight is 298 g/mol. The molecular formula is C16H27O3P. The molecule has 20 heavy (non-hydrogen) atoms. The molecule has 4 heteroatoms. The van der Waals surface area contributed by atoms with Crippen molar-refractivity contribution in [3.63, 3.8) is 0 Å². The number of unbranched alkanes of at least 4 members (excludes halogenated alkanes) is 1. The zero-order valence-electron chi connectivity index (χ0n) is 12.8. The first kappa shape index (κ1) is 17.6. The second-order valence-corrected chi connectivity index (χ2v) is 6.44. The number of hydrogen-bond acceptors (Lipinski definition) is 3. The van der Waals surface area contributed by atoms with Crippen LogP contribution in [0.5, 0.6) is 0 Å². The van der Waals surface area contributed by atoms with Gasteiger partial charge in [-0.25, -0.2) is 0 Å². The van der Waals surface area contributed by atoms with Crippen molar-refractivity contribution in [2.45, 2.75) is 51.8 Å². The minimum absolute atomic E-state index is 0.0345. The fourth-order valence-electron chi connectivity index (χ4n) is 2.15. The predicted molar refractivity (Wildman–Crippen MR) is 84.9 cm³/mol. The van der Waals surface area contributed by atoms with Gasteiger partial charge in [0, 0.05) is 0 Å². The van der Waals surface area contributed by atoms with E-state index >= 15 is 0 Å². The fraction of sp³-hybridized carbons (Fsp3) is 0.625. The third-order valence-corrected chi connectivity index (χ3v) is 5.25. The zero-order chi connectivity index (χ0) is 14.8. The van der Waals surface area contributed by atoms with Gasteiger partial charge in [0.25, 0.3) is 0 Å². The first-order chi connectivity index (χ1) is 9.74. The van der Waals surface area contributed by atoms with Crippen molar-refractivity contribution in [1.82, 2.24) is 0 Å². The van der Waals surface area contributed by atoms with Gasteiger partial charge in [-0.3, -0.25) is 0 Å². The molecule has 0 radical (unpaired) electrons. The van der Waals surface area contributed by atoms with Crippen molar-refractivity contribution in [2.75, 3.05) is 13.2 Å². The molecule has 2 atom stereocenters. The molecular weight excluding hydrogens is 271 g/mol. The van der Waals surface area contributed by atoms with E-state index in [2.05, 4.69) is 6.92 Å². The van der Waals surface area contributed by atoms with Crippen LogP contribution in [0.4, 0.5) is 0 Å². The molecule has 1 aromatic carbocycles. The van der Waals surface area contributed by atoms with Crippen molar-refractivity contribution in [1.29, 1.82) is 0 Å². The maximum atomic E-state index is 10.7. The highest BCUT2D eigenvalue weighted by Crippen LogP contribution is 2.50. The van der Waals surface area contributed by atoms with Gasteiger partial charge in [-0.2, -0.15) is 0 Å². The normalized spacial score (nSPS) is 14.4. The van der Waals surface area contributed by atoms with E-state index in [0.29, 0.717) is 13.2 Å². The van der Waals surface area contributed by atoms with Crippen molar-refractivity contribution >= 4 is 8.38 Å². The third kappa shape index (κ3) is 5.49. The Labute approximate surface area is 124 Å². The van der Waals surface area contributed by atoms with Crippen molar-refractivity contribution < 1.29 is 14.2 Å². The number of rotatable bonds is 10. The summed E-state index contributed by atoms with van der Waals surface area (Å²) in [5.74, 6) is 0. The maximum absolute atomic E-state index is 10.7. The van der Waals surface area contributed by atoms with Crippen LogP contribution in [0, 0.1) is 0 Å². The van der Waals surface area contributed by atoms with Gasteiger partial charge in [-0.05, 0) is 25.8 Å². The second kappa shape index (κ2) is 10.3. The summed E-state index contributed by atoms with van der Waals surface area (Å²) in [6.07, 6.45) is 2.59. The zero-order valence-corrected chi connectivity index (χ0v) is 13.7. The molecule has 0 bridgehead atoms. The van der Waals surface area contributed by atoms with Crippen LogP contribution in [0.1, 0.15) is 51.7 Å². The van der Waals surface area contributed by atoms with E-state index in [1.165, 1.54) is 0 Å². The Kier molecular flexibility index (Phi) is 9.04. The highest BCUT2D eigenvalue weighted by Gasteiger charge is 2.31. The minimum atomic E-state index is -1.05. The maximum Gasteiger partial charge on any atom is 0.176 e. The molecule has 0 aliphatic carbocycles. The summed E-state index contributed by atoms with van der Waals surface area (Å²) < 4.78 is 11.5. The van der Waals surface area contributed by atoms with Crippen molar-refractivity contribution in [3.05, 3.63) is 35.9 Å². The van der Waals surface area contributed by atoms with Crippen LogP contribution >= 0.6 is 8.38 Å². The Hall–Kier alpha value is -0.470. The van der Waals surface area contributed by atoms with E-state index in [9.17, 15) is 5.11 Å². The standard InChI is InChI=1S/C16H27O3P/c1-4-7-13-15(20(18-5-2)19-6-3)16(17)14-11-9-8-10-12-14/h8-12,15-17H,4-7,13H2,1-3H3. The summed E-state index contributed by atoms with van der Waals surface area (Å²) in [5, 5.41) is 10.7. The van der Waals surface area contributed by atoms with E-state index in [-0.39, 0.29) is 5.66 Å². The van der Waals surface area contributed by atoms with Gasteiger partial charge >= 0.3 is 0 Å². The molecule has 0 spiro atoms. The molecule has 3 nitrogen and oxygen atoms in total. The summed E-state index contributed by atoms with van der Waals surface area (Å²) in [6, 6.07) is 9.81. The van der Waals surface area contributed by atoms with E-state index in [1.807, 2.05) is 44.2 Å². The van der Waals surface area contributed by atoms with Crippen LogP contribution in [-0.2, 0) is 9.05 Å². The van der Waals surface area contributed by atoms with Crippen molar-refractivity contribution in [3.8, 4) is 0 Å². The molecule has 0 saturated heterocycles. The highest BCUT2D eigenvalue weighted by atomic mass is 31.2. The van der Waals surface area contributed by atoms with Crippen LogP contribution in [-0.4, -0.2) is 24.0 Å². The Morgan fingerprint density at radius 2 is 1.65 bits per heavy atom. The predicted octanol–water partition coefficient (Wildman–Crippen LogP) is 4.66. The highest BCUT2D eigenvalue weighted by molar-refractivity contribution is 7.48. The molecule has 114 valence electrons. The van der Waals surface area contributed by atoms with E-state index in [1.54, 1.807) is 0 Å². The topological polar surface area (TPSA) is 38.7 Å². The number of benzene rings is 1. The average Bonchev–Trinajstić information content (AvgIpc) is 2.48. The molecule has 0 aliphatic rings. The Morgan fingerprint density at radius 3 is 2.15 bits per heavy atom. The first-order valence-electron chi connectivity index (χ1n) is 7.52. The van der Waals surface area contributed by atoms with Crippen molar-refractivity contribution in [2.24, 2.45) is 0 Å². The summed E-state index contributed by atoms with van der Waals surface area (Å²) in [6.45, 7) is 7.35. The molecule has 0 fully saturated rings. The SMILES string of the molecule is CCCCC(C(O)c1ccccc1)P(OCC)OCC. The molecule has 2 unspecified atom stereocenters. The lowest BCUT2D eigenvalue weighted by atomic mass is 10.0. The summed E-state index contributed by atoms with van der Waals surface area (Å²) >= 11 is 0. The van der Waals surface area contributed by atoms with Gasteiger partial charge in [0.2, 0.25) is 0 Å². The fourth-order valence-corrected chi connectivity index (χ4v) is 3.91. The van der Waals surface area contributed by atoms with Crippen LogP contribution in [0.25, 0.3) is 0 Å². The van der Waals surface area contributed by atoms with E-state index < -0.39 is 14.5 Å². The van der Waals surface area contributed by atoms with Gasteiger partial charge in [0.05, 0.1) is 25.0 Å². The van der Waals surface area contributed by atoms with E-state index in [0.717, 1.165) is 24.8 Å². The molecule has 0 aromatic heterocycles. The third-order valence-electron chi connectivity index (χ3n) is 3.14. The summed E-state index contributed by atoms with van der Waals surface area (Å²) in [7, 11) is -1.05. The van der Waals surface area contributed by atoms with Crippen LogP contribution in [0.3, 0.4) is 0 Å². The van der Waals surface area contributed by atoms with Gasteiger partial charge in [-0.15, -0.1) is 0 Å². The Bertz CT molecular complexity index is 339. The lowest BCUT2D eigenvalue weighted by molar-refractivity contribution is 0.150. The molecule has 1 rings (SSSR count). The summed E-state index contributed by atoms with van der Waals surface area (Å²) in [5.41, 5.74) is 0.979.